The molecule has 0 aliphatic carbocycles. The van der Waals surface area contributed by atoms with Crippen molar-refractivity contribution in [2.75, 3.05) is 13.1 Å². The van der Waals surface area contributed by atoms with Gasteiger partial charge < -0.3 is 37.6 Å². The molecule has 0 spiro atoms. The van der Waals surface area contributed by atoms with E-state index in [2.05, 4.69) is 20.9 Å². The average Bonchev–Trinajstić information content (AvgIpc) is 2.62. The standard InChI is InChI=1S/C17H30N6O7/c1-9(2)14(16(29)30)23-15(28)10(7-13(26)27)22-12(25)8-21-11(24)5-3-4-6-20-17(18)19/h9-10,14H,3-8H2,1-2H3,(H,21,24)(H,22,25)(H,23,28)(H,26,27)(H,29,30)(H4,18,19,20)/t10-,14-/m0/s1. The molecule has 170 valence electrons. The van der Waals surface area contributed by atoms with Gasteiger partial charge in [-0.05, 0) is 18.8 Å². The van der Waals surface area contributed by atoms with Crippen molar-refractivity contribution in [2.45, 2.75) is 51.6 Å². The van der Waals surface area contributed by atoms with Crippen molar-refractivity contribution < 1.29 is 34.2 Å². The van der Waals surface area contributed by atoms with Crippen LogP contribution in [-0.2, 0) is 24.0 Å². The molecule has 0 radical (unpaired) electrons. The predicted molar refractivity (Wildman–Crippen MR) is 106 cm³/mol. The molecule has 13 heteroatoms. The van der Waals surface area contributed by atoms with Crippen LogP contribution in [-0.4, -0.2) is 71.0 Å². The highest BCUT2D eigenvalue weighted by atomic mass is 16.4. The molecule has 0 saturated heterocycles. The van der Waals surface area contributed by atoms with Gasteiger partial charge in [0.1, 0.15) is 12.1 Å². The van der Waals surface area contributed by atoms with Gasteiger partial charge in [-0.1, -0.05) is 13.8 Å². The maximum absolute atomic E-state index is 12.3. The van der Waals surface area contributed by atoms with Crippen LogP contribution < -0.4 is 27.4 Å². The number of nitrogens with two attached hydrogens (primary N) is 2. The third kappa shape index (κ3) is 12.2. The molecule has 0 bridgehead atoms. The minimum Gasteiger partial charge on any atom is -0.481 e. The van der Waals surface area contributed by atoms with Crippen LogP contribution in [0.1, 0.15) is 39.5 Å². The summed E-state index contributed by atoms with van der Waals surface area (Å²) in [7, 11) is 0. The Balaban J connectivity index is 4.61. The van der Waals surface area contributed by atoms with E-state index < -0.39 is 60.6 Å². The molecule has 0 heterocycles. The first kappa shape index (κ1) is 26.6. The second-order valence-corrected chi connectivity index (χ2v) is 6.83. The molecule has 0 aliphatic rings. The Morgan fingerprint density at radius 1 is 0.967 bits per heavy atom. The highest BCUT2D eigenvalue weighted by molar-refractivity contribution is 5.94. The van der Waals surface area contributed by atoms with E-state index in [1.807, 2.05) is 0 Å². The van der Waals surface area contributed by atoms with Crippen LogP contribution in [0.15, 0.2) is 4.99 Å². The molecule has 0 aliphatic heterocycles. The van der Waals surface area contributed by atoms with Crippen LogP contribution in [0, 0.1) is 5.92 Å². The third-order valence-electron chi connectivity index (χ3n) is 3.81. The molecular weight excluding hydrogens is 400 g/mol. The molecule has 0 aromatic heterocycles. The Kier molecular flexibility index (Phi) is 12.2. The van der Waals surface area contributed by atoms with Crippen LogP contribution in [0.3, 0.4) is 0 Å². The number of nitrogens with one attached hydrogen (secondary N) is 3. The number of hydrogen-bond acceptors (Lipinski definition) is 6. The number of carboxylic acid groups (broad SMARTS) is 2. The molecule has 3 amide bonds. The van der Waals surface area contributed by atoms with Gasteiger partial charge >= 0.3 is 11.9 Å². The van der Waals surface area contributed by atoms with E-state index in [1.165, 1.54) is 0 Å². The summed E-state index contributed by atoms with van der Waals surface area (Å²) in [5.74, 6) is -5.31. The topological polar surface area (TPSA) is 226 Å². The van der Waals surface area contributed by atoms with E-state index in [-0.39, 0.29) is 12.4 Å². The van der Waals surface area contributed by atoms with E-state index in [0.717, 1.165) is 0 Å². The maximum atomic E-state index is 12.3. The first-order valence-electron chi connectivity index (χ1n) is 9.30. The largest absolute Gasteiger partial charge is 0.481 e. The number of nitrogens with zero attached hydrogens (tertiary/aromatic N) is 1. The van der Waals surface area contributed by atoms with Crippen LogP contribution in [0.2, 0.25) is 0 Å². The van der Waals surface area contributed by atoms with Crippen molar-refractivity contribution in [2.24, 2.45) is 22.4 Å². The van der Waals surface area contributed by atoms with E-state index in [4.69, 9.17) is 21.7 Å². The summed E-state index contributed by atoms with van der Waals surface area (Å²) in [5, 5.41) is 24.8. The van der Waals surface area contributed by atoms with Gasteiger partial charge in [0.2, 0.25) is 17.7 Å². The molecule has 0 fully saturated rings. The summed E-state index contributed by atoms with van der Waals surface area (Å²) >= 11 is 0. The van der Waals surface area contributed by atoms with E-state index in [1.54, 1.807) is 13.8 Å². The van der Waals surface area contributed by atoms with Gasteiger partial charge in [-0.15, -0.1) is 0 Å². The first-order valence-corrected chi connectivity index (χ1v) is 9.30. The summed E-state index contributed by atoms with van der Waals surface area (Å²) in [6.45, 7) is 3.03. The number of aliphatic imine (C=N–C) groups is 1. The van der Waals surface area contributed by atoms with Gasteiger partial charge in [0, 0.05) is 13.0 Å². The summed E-state index contributed by atoms with van der Waals surface area (Å²) in [6, 6.07) is -2.74. The number of guanidine groups is 1. The molecule has 30 heavy (non-hydrogen) atoms. The van der Waals surface area contributed by atoms with E-state index >= 15 is 0 Å². The molecule has 0 unspecified atom stereocenters. The normalized spacial score (nSPS) is 12.4. The fraction of sp³-hybridized carbons (Fsp3) is 0.647. The quantitative estimate of drug-likeness (QED) is 0.0894. The van der Waals surface area contributed by atoms with Gasteiger partial charge in [-0.25, -0.2) is 4.79 Å². The van der Waals surface area contributed by atoms with Crippen molar-refractivity contribution >= 4 is 35.6 Å². The highest BCUT2D eigenvalue weighted by Gasteiger charge is 2.29. The van der Waals surface area contributed by atoms with Crippen LogP contribution in [0.25, 0.3) is 0 Å². The number of aliphatic carboxylic acids is 2. The lowest BCUT2D eigenvalue weighted by Gasteiger charge is -2.22. The van der Waals surface area contributed by atoms with Crippen molar-refractivity contribution in [1.82, 2.24) is 16.0 Å². The van der Waals surface area contributed by atoms with Gasteiger partial charge in [-0.2, -0.15) is 0 Å². The number of carbonyl (C=O) groups excluding carboxylic acids is 3. The lowest BCUT2D eigenvalue weighted by molar-refractivity contribution is -0.144. The lowest BCUT2D eigenvalue weighted by atomic mass is 10.0. The summed E-state index contributed by atoms with van der Waals surface area (Å²) < 4.78 is 0. The minimum absolute atomic E-state index is 0.0425. The van der Waals surface area contributed by atoms with Crippen molar-refractivity contribution in [3.63, 3.8) is 0 Å². The first-order chi connectivity index (χ1) is 13.9. The molecule has 0 aromatic rings. The number of amides is 3. The number of unbranched alkanes of at least 4 members (excludes halogenated alkanes) is 1. The molecular formula is C17H30N6O7. The SMILES string of the molecule is CC(C)[C@H](NC(=O)[C@H](CC(=O)O)NC(=O)CNC(=O)CCCCN=C(N)N)C(=O)O. The zero-order valence-corrected chi connectivity index (χ0v) is 17.0. The molecule has 2 atom stereocenters. The van der Waals surface area contributed by atoms with E-state index in [9.17, 15) is 24.0 Å². The van der Waals surface area contributed by atoms with Gasteiger partial charge in [0.25, 0.3) is 0 Å². The number of carboxylic acids is 2. The fourth-order valence-corrected chi connectivity index (χ4v) is 2.27. The second-order valence-electron chi connectivity index (χ2n) is 6.83. The maximum Gasteiger partial charge on any atom is 0.326 e. The third-order valence-corrected chi connectivity index (χ3v) is 3.81. The number of carbonyl (C=O) groups is 5. The van der Waals surface area contributed by atoms with Crippen molar-refractivity contribution in [3.8, 4) is 0 Å². The Labute approximate surface area is 173 Å². The zero-order chi connectivity index (χ0) is 23.3. The number of hydrogen-bond donors (Lipinski definition) is 7. The average molecular weight is 430 g/mol. The molecule has 13 nitrogen and oxygen atoms in total. The summed E-state index contributed by atoms with van der Waals surface area (Å²) in [5.41, 5.74) is 10.3. The Morgan fingerprint density at radius 3 is 2.10 bits per heavy atom. The summed E-state index contributed by atoms with van der Waals surface area (Å²) in [6.07, 6.45) is 0.431. The second kappa shape index (κ2) is 13.7. The van der Waals surface area contributed by atoms with Crippen LogP contribution in [0.5, 0.6) is 0 Å². The van der Waals surface area contributed by atoms with Gasteiger partial charge in [0.05, 0.1) is 13.0 Å². The monoisotopic (exact) mass is 430 g/mol. The van der Waals surface area contributed by atoms with Crippen LogP contribution in [0.4, 0.5) is 0 Å². The van der Waals surface area contributed by atoms with Crippen LogP contribution >= 0.6 is 0 Å². The Morgan fingerprint density at radius 2 is 1.60 bits per heavy atom. The number of rotatable bonds is 14. The molecule has 0 rings (SSSR count). The highest BCUT2D eigenvalue weighted by Crippen LogP contribution is 2.03. The smallest absolute Gasteiger partial charge is 0.326 e. The Bertz CT molecular complexity index is 661. The Hall–Kier alpha value is -3.38. The van der Waals surface area contributed by atoms with Gasteiger partial charge in [-0.3, -0.25) is 24.2 Å². The van der Waals surface area contributed by atoms with Crippen molar-refractivity contribution in [1.29, 1.82) is 0 Å². The fourth-order valence-electron chi connectivity index (χ4n) is 2.27. The van der Waals surface area contributed by atoms with E-state index in [0.29, 0.717) is 19.4 Å². The molecule has 9 N–H and O–H groups in total. The van der Waals surface area contributed by atoms with Crippen molar-refractivity contribution in [3.05, 3.63) is 0 Å². The van der Waals surface area contributed by atoms with Gasteiger partial charge in [0.15, 0.2) is 5.96 Å². The molecule has 0 aromatic carbocycles. The molecule has 0 saturated carbocycles. The zero-order valence-electron chi connectivity index (χ0n) is 17.0. The lowest BCUT2D eigenvalue weighted by Crippen LogP contribution is -2.54. The minimum atomic E-state index is -1.49. The summed E-state index contributed by atoms with van der Waals surface area (Å²) in [4.78, 5) is 61.9. The predicted octanol–water partition coefficient (Wildman–Crippen LogP) is -2.27.